The summed E-state index contributed by atoms with van der Waals surface area (Å²) in [5, 5.41) is 0.508. The molecule has 0 radical (unpaired) electrons. The van der Waals surface area contributed by atoms with Gasteiger partial charge in [-0.05, 0) is 62.4 Å². The van der Waals surface area contributed by atoms with Crippen molar-refractivity contribution in [3.8, 4) is 28.6 Å². The second-order valence-electron chi connectivity index (χ2n) is 7.68. The molecule has 0 saturated heterocycles. The molecule has 0 bridgehead atoms. The summed E-state index contributed by atoms with van der Waals surface area (Å²) in [4.78, 5) is 13.3. The fourth-order valence-corrected chi connectivity index (χ4v) is 3.41. The van der Waals surface area contributed by atoms with Crippen LogP contribution in [0, 0.1) is 13.8 Å². The van der Waals surface area contributed by atoms with E-state index in [0.717, 1.165) is 22.6 Å². The molecule has 0 aliphatic heterocycles. The molecule has 32 heavy (non-hydrogen) atoms. The van der Waals surface area contributed by atoms with Crippen LogP contribution in [0.5, 0.6) is 17.2 Å². The standard InChI is InChI=1S/C27H26O5/c1-18-5-10-22(11-6-18)30-15-4-16-31-27-25(28)23-17-19(2)7-14-24(23)32-26(27)20-8-12-21(29-3)13-9-20/h5-14,17H,4,15-16H2,1-3H3. The molecule has 164 valence electrons. The highest BCUT2D eigenvalue weighted by molar-refractivity contribution is 5.82. The zero-order valence-corrected chi connectivity index (χ0v) is 18.5. The summed E-state index contributed by atoms with van der Waals surface area (Å²) in [7, 11) is 1.61. The first kappa shape index (κ1) is 21.5. The van der Waals surface area contributed by atoms with Crippen molar-refractivity contribution < 1.29 is 18.6 Å². The van der Waals surface area contributed by atoms with E-state index in [-0.39, 0.29) is 11.2 Å². The smallest absolute Gasteiger partial charge is 0.235 e. The summed E-state index contributed by atoms with van der Waals surface area (Å²) >= 11 is 0. The predicted octanol–water partition coefficient (Wildman–Crippen LogP) is 5.93. The molecule has 5 nitrogen and oxygen atoms in total. The van der Waals surface area contributed by atoms with Crippen molar-refractivity contribution in [2.24, 2.45) is 0 Å². The van der Waals surface area contributed by atoms with E-state index in [0.29, 0.717) is 36.4 Å². The Labute approximate surface area is 187 Å². The van der Waals surface area contributed by atoms with Gasteiger partial charge in [-0.3, -0.25) is 4.79 Å². The SMILES string of the molecule is COc1ccc(-c2oc3ccc(C)cc3c(=O)c2OCCCOc2ccc(C)cc2)cc1. The van der Waals surface area contributed by atoms with Gasteiger partial charge in [0, 0.05) is 12.0 Å². The summed E-state index contributed by atoms with van der Waals surface area (Å²) < 4.78 is 23.1. The molecule has 0 amide bonds. The van der Waals surface area contributed by atoms with Crippen LogP contribution in [0.4, 0.5) is 0 Å². The van der Waals surface area contributed by atoms with Crippen LogP contribution in [-0.4, -0.2) is 20.3 Å². The molecule has 0 aliphatic rings. The topological polar surface area (TPSA) is 57.9 Å². The lowest BCUT2D eigenvalue weighted by atomic mass is 10.1. The van der Waals surface area contributed by atoms with Crippen LogP contribution in [0.1, 0.15) is 17.5 Å². The Morgan fingerprint density at radius 1 is 0.781 bits per heavy atom. The van der Waals surface area contributed by atoms with Crippen molar-refractivity contribution in [2.75, 3.05) is 20.3 Å². The van der Waals surface area contributed by atoms with Gasteiger partial charge in [0.1, 0.15) is 17.1 Å². The average molecular weight is 431 g/mol. The van der Waals surface area contributed by atoms with Gasteiger partial charge in [0.05, 0.1) is 25.7 Å². The number of fused-ring (bicyclic) bond motifs is 1. The number of hydrogen-bond donors (Lipinski definition) is 0. The third kappa shape index (κ3) is 4.78. The van der Waals surface area contributed by atoms with Gasteiger partial charge in [-0.2, -0.15) is 0 Å². The van der Waals surface area contributed by atoms with Gasteiger partial charge in [0.25, 0.3) is 0 Å². The third-order valence-electron chi connectivity index (χ3n) is 5.18. The zero-order chi connectivity index (χ0) is 22.5. The van der Waals surface area contributed by atoms with Crippen molar-refractivity contribution in [3.63, 3.8) is 0 Å². The van der Waals surface area contributed by atoms with Crippen LogP contribution in [0.15, 0.2) is 75.9 Å². The normalized spacial score (nSPS) is 10.8. The second-order valence-corrected chi connectivity index (χ2v) is 7.68. The predicted molar refractivity (Wildman–Crippen MR) is 126 cm³/mol. The maximum Gasteiger partial charge on any atom is 0.235 e. The highest BCUT2D eigenvalue weighted by Crippen LogP contribution is 2.32. The number of ether oxygens (including phenoxy) is 3. The number of aryl methyl sites for hydroxylation is 2. The molecule has 1 aromatic heterocycles. The first-order chi connectivity index (χ1) is 15.5. The van der Waals surface area contributed by atoms with Gasteiger partial charge in [0.2, 0.25) is 11.2 Å². The molecule has 0 saturated carbocycles. The van der Waals surface area contributed by atoms with Gasteiger partial charge < -0.3 is 18.6 Å². The molecule has 3 aromatic carbocycles. The van der Waals surface area contributed by atoms with E-state index < -0.39 is 0 Å². The minimum absolute atomic E-state index is 0.180. The van der Waals surface area contributed by atoms with Crippen molar-refractivity contribution in [2.45, 2.75) is 20.3 Å². The number of rotatable bonds is 8. The van der Waals surface area contributed by atoms with Gasteiger partial charge in [-0.25, -0.2) is 0 Å². The van der Waals surface area contributed by atoms with Crippen LogP contribution in [0.3, 0.4) is 0 Å². The van der Waals surface area contributed by atoms with E-state index in [2.05, 4.69) is 0 Å². The van der Waals surface area contributed by atoms with E-state index in [1.807, 2.05) is 80.6 Å². The summed E-state index contributed by atoms with van der Waals surface area (Å²) in [6, 6.07) is 20.8. The van der Waals surface area contributed by atoms with Crippen LogP contribution in [0.25, 0.3) is 22.3 Å². The molecule has 5 heteroatoms. The first-order valence-corrected chi connectivity index (χ1v) is 10.6. The molecular formula is C27H26O5. The molecule has 0 fully saturated rings. The Hall–Kier alpha value is -3.73. The summed E-state index contributed by atoms with van der Waals surface area (Å²) in [5.74, 6) is 2.16. The first-order valence-electron chi connectivity index (χ1n) is 10.6. The van der Waals surface area contributed by atoms with Gasteiger partial charge >= 0.3 is 0 Å². The molecule has 0 atom stereocenters. The van der Waals surface area contributed by atoms with Crippen LogP contribution in [-0.2, 0) is 0 Å². The van der Waals surface area contributed by atoms with Crippen LogP contribution >= 0.6 is 0 Å². The Morgan fingerprint density at radius 3 is 2.16 bits per heavy atom. The van der Waals surface area contributed by atoms with Crippen LogP contribution in [0.2, 0.25) is 0 Å². The van der Waals surface area contributed by atoms with Crippen molar-refractivity contribution >= 4 is 11.0 Å². The molecule has 0 N–H and O–H groups in total. The Morgan fingerprint density at radius 2 is 1.44 bits per heavy atom. The van der Waals surface area contributed by atoms with E-state index in [1.54, 1.807) is 7.11 Å². The fraction of sp³-hybridized carbons (Fsp3) is 0.222. The lowest BCUT2D eigenvalue weighted by Crippen LogP contribution is -2.13. The number of benzene rings is 3. The quantitative estimate of drug-likeness (QED) is 0.324. The third-order valence-corrected chi connectivity index (χ3v) is 5.18. The Kier molecular flexibility index (Phi) is 6.45. The van der Waals surface area contributed by atoms with Crippen molar-refractivity contribution in [3.05, 3.63) is 88.1 Å². The van der Waals surface area contributed by atoms with E-state index in [9.17, 15) is 4.79 Å². The fourth-order valence-electron chi connectivity index (χ4n) is 3.41. The van der Waals surface area contributed by atoms with Gasteiger partial charge in [-0.1, -0.05) is 29.3 Å². The van der Waals surface area contributed by atoms with E-state index >= 15 is 0 Å². The number of methoxy groups -OCH3 is 1. The molecule has 0 unspecified atom stereocenters. The number of hydrogen-bond acceptors (Lipinski definition) is 5. The molecule has 1 heterocycles. The minimum atomic E-state index is -0.180. The molecular weight excluding hydrogens is 404 g/mol. The monoisotopic (exact) mass is 430 g/mol. The Balaban J connectivity index is 1.57. The van der Waals surface area contributed by atoms with Crippen LogP contribution < -0.4 is 19.6 Å². The van der Waals surface area contributed by atoms with Gasteiger partial charge in [-0.15, -0.1) is 0 Å². The Bertz CT molecular complexity index is 1250. The zero-order valence-electron chi connectivity index (χ0n) is 18.5. The van der Waals surface area contributed by atoms with Crippen molar-refractivity contribution in [1.82, 2.24) is 0 Å². The maximum atomic E-state index is 13.3. The molecule has 0 spiro atoms. The largest absolute Gasteiger partial charge is 0.497 e. The molecule has 0 aliphatic carbocycles. The molecule has 4 rings (SSSR count). The lowest BCUT2D eigenvalue weighted by Gasteiger charge is -2.13. The summed E-state index contributed by atoms with van der Waals surface area (Å²) in [5.41, 5.74) is 3.27. The van der Waals surface area contributed by atoms with Crippen molar-refractivity contribution in [1.29, 1.82) is 0 Å². The summed E-state index contributed by atoms with van der Waals surface area (Å²) in [6.07, 6.45) is 0.626. The second kappa shape index (κ2) is 9.60. The lowest BCUT2D eigenvalue weighted by molar-refractivity contribution is 0.244. The maximum absolute atomic E-state index is 13.3. The highest BCUT2D eigenvalue weighted by atomic mass is 16.5. The van der Waals surface area contributed by atoms with E-state index in [4.69, 9.17) is 18.6 Å². The minimum Gasteiger partial charge on any atom is -0.497 e. The average Bonchev–Trinajstić information content (AvgIpc) is 2.81. The molecule has 4 aromatic rings. The summed E-state index contributed by atoms with van der Waals surface area (Å²) in [6.45, 7) is 4.80. The van der Waals surface area contributed by atoms with Gasteiger partial charge in [0.15, 0.2) is 5.76 Å². The highest BCUT2D eigenvalue weighted by Gasteiger charge is 2.18. The van der Waals surface area contributed by atoms with E-state index in [1.165, 1.54) is 5.56 Å².